The maximum absolute atomic E-state index is 12.5. The van der Waals surface area contributed by atoms with Crippen LogP contribution < -0.4 is 15.4 Å². The molecule has 2 rings (SSSR count). The molecule has 7 heteroatoms. The first-order valence-corrected chi connectivity index (χ1v) is 9.12. The van der Waals surface area contributed by atoms with Crippen LogP contribution in [0, 0.1) is 5.92 Å². The Balaban J connectivity index is 2.12. The molecule has 2 N–H and O–H groups in total. The highest BCUT2D eigenvalue weighted by molar-refractivity contribution is 7.80. The minimum Gasteiger partial charge on any atom is -0.494 e. The summed E-state index contributed by atoms with van der Waals surface area (Å²) in [6.45, 7) is 7.30. The van der Waals surface area contributed by atoms with E-state index in [1.54, 1.807) is 7.11 Å². The maximum atomic E-state index is 12.5. The number of nitrogens with one attached hydrogen (secondary N) is 2. The van der Waals surface area contributed by atoms with Gasteiger partial charge in [-0.15, -0.1) is 0 Å². The highest BCUT2D eigenvalue weighted by atomic mass is 32.1. The summed E-state index contributed by atoms with van der Waals surface area (Å²) in [6, 6.07) is 7.29. The number of carbonyl (C=O) groups excluding carboxylic acids is 1. The highest BCUT2D eigenvalue weighted by Crippen LogP contribution is 2.31. The molecule has 1 aromatic carbocycles. The van der Waals surface area contributed by atoms with E-state index in [-0.39, 0.29) is 18.6 Å². The van der Waals surface area contributed by atoms with E-state index >= 15 is 0 Å². The van der Waals surface area contributed by atoms with Crippen molar-refractivity contribution in [2.75, 3.05) is 26.9 Å². The largest absolute Gasteiger partial charge is 0.494 e. The summed E-state index contributed by atoms with van der Waals surface area (Å²) >= 11 is 5.22. The van der Waals surface area contributed by atoms with Gasteiger partial charge < -0.3 is 24.8 Å². The standard InChI is InChI=1S/C19H26N2O4S/c1-4-5-10-24-15-8-6-14(7-9-15)17-16(13(2)20-19(26)21-17)18(22)25-12-11-23-3/h6-9,16-17H,2,4-5,10-12H2,1,3H3,(H2,20,21,26)/t16-,17+/m1/s1. The van der Waals surface area contributed by atoms with Crippen LogP contribution in [0.3, 0.4) is 0 Å². The van der Waals surface area contributed by atoms with Crippen LogP contribution in [0.4, 0.5) is 0 Å². The fourth-order valence-electron chi connectivity index (χ4n) is 2.66. The van der Waals surface area contributed by atoms with Crippen LogP contribution in [0.5, 0.6) is 5.75 Å². The van der Waals surface area contributed by atoms with Gasteiger partial charge in [-0.3, -0.25) is 4.79 Å². The molecule has 0 unspecified atom stereocenters. The first-order valence-electron chi connectivity index (χ1n) is 8.71. The van der Waals surface area contributed by atoms with E-state index in [1.165, 1.54) is 0 Å². The third-order valence-electron chi connectivity index (χ3n) is 4.06. The van der Waals surface area contributed by atoms with Crippen molar-refractivity contribution in [2.24, 2.45) is 5.92 Å². The molecule has 1 saturated heterocycles. The van der Waals surface area contributed by atoms with Crippen LogP contribution in [0.1, 0.15) is 31.4 Å². The van der Waals surface area contributed by atoms with Gasteiger partial charge in [0.15, 0.2) is 5.11 Å². The minimum atomic E-state index is -0.592. The Morgan fingerprint density at radius 1 is 1.23 bits per heavy atom. The molecule has 1 aromatic rings. The fraction of sp³-hybridized carbons (Fsp3) is 0.474. The Kier molecular flexibility index (Phi) is 7.87. The van der Waals surface area contributed by atoms with Gasteiger partial charge in [0.1, 0.15) is 18.3 Å². The maximum Gasteiger partial charge on any atom is 0.317 e. The van der Waals surface area contributed by atoms with Crippen LogP contribution in [0.2, 0.25) is 0 Å². The topological polar surface area (TPSA) is 68.8 Å². The number of unbranched alkanes of at least 4 members (excludes halogenated alkanes) is 1. The molecule has 0 aromatic heterocycles. The summed E-state index contributed by atoms with van der Waals surface area (Å²) in [6.07, 6.45) is 2.10. The van der Waals surface area contributed by atoms with Crippen molar-refractivity contribution in [1.29, 1.82) is 0 Å². The lowest BCUT2D eigenvalue weighted by Gasteiger charge is -2.34. The highest BCUT2D eigenvalue weighted by Gasteiger charge is 2.37. The number of rotatable bonds is 9. The normalized spacial score (nSPS) is 19.5. The number of methoxy groups -OCH3 is 1. The average Bonchev–Trinajstić information content (AvgIpc) is 2.62. The molecule has 0 radical (unpaired) electrons. The van der Waals surface area contributed by atoms with Gasteiger partial charge in [0.25, 0.3) is 0 Å². The average molecular weight is 378 g/mol. The second kappa shape index (κ2) is 10.1. The van der Waals surface area contributed by atoms with Gasteiger partial charge in [-0.1, -0.05) is 32.1 Å². The number of hydrogen-bond donors (Lipinski definition) is 2. The van der Waals surface area contributed by atoms with E-state index in [0.717, 1.165) is 24.2 Å². The molecule has 1 aliphatic heterocycles. The fourth-order valence-corrected chi connectivity index (χ4v) is 2.92. The van der Waals surface area contributed by atoms with Crippen molar-refractivity contribution in [1.82, 2.24) is 10.6 Å². The van der Waals surface area contributed by atoms with E-state index < -0.39 is 5.92 Å². The number of benzene rings is 1. The summed E-state index contributed by atoms with van der Waals surface area (Å²) in [5, 5.41) is 6.49. The van der Waals surface area contributed by atoms with Crippen LogP contribution in [-0.4, -0.2) is 38.0 Å². The summed E-state index contributed by atoms with van der Waals surface area (Å²) in [5.74, 6) is -0.162. The lowest BCUT2D eigenvalue weighted by Crippen LogP contribution is -2.51. The first-order chi connectivity index (χ1) is 12.6. The molecule has 1 heterocycles. The molecule has 1 aliphatic rings. The van der Waals surface area contributed by atoms with E-state index in [9.17, 15) is 4.79 Å². The molecular weight excluding hydrogens is 352 g/mol. The van der Waals surface area contributed by atoms with Crippen molar-refractivity contribution in [3.05, 3.63) is 42.1 Å². The zero-order valence-corrected chi connectivity index (χ0v) is 16.1. The molecule has 142 valence electrons. The van der Waals surface area contributed by atoms with Gasteiger partial charge in [0.2, 0.25) is 0 Å². The number of ether oxygens (including phenoxy) is 3. The third kappa shape index (κ3) is 5.44. The van der Waals surface area contributed by atoms with Crippen molar-refractivity contribution in [3.8, 4) is 5.75 Å². The van der Waals surface area contributed by atoms with Gasteiger partial charge in [0.05, 0.1) is 19.3 Å². The molecule has 1 fully saturated rings. The molecule has 0 bridgehead atoms. The second-order valence-electron chi connectivity index (χ2n) is 6.01. The lowest BCUT2D eigenvalue weighted by molar-refractivity contribution is -0.149. The minimum absolute atomic E-state index is 0.195. The molecule has 0 aliphatic carbocycles. The smallest absolute Gasteiger partial charge is 0.317 e. The van der Waals surface area contributed by atoms with E-state index in [0.29, 0.717) is 24.0 Å². The van der Waals surface area contributed by atoms with Crippen LogP contribution in [0.25, 0.3) is 0 Å². The van der Waals surface area contributed by atoms with Crippen LogP contribution in [0.15, 0.2) is 36.5 Å². The van der Waals surface area contributed by atoms with Crippen molar-refractivity contribution >= 4 is 23.3 Å². The molecule has 26 heavy (non-hydrogen) atoms. The van der Waals surface area contributed by atoms with E-state index in [2.05, 4.69) is 24.1 Å². The second-order valence-corrected chi connectivity index (χ2v) is 6.42. The monoisotopic (exact) mass is 378 g/mol. The molecule has 6 nitrogen and oxygen atoms in total. The summed E-state index contributed by atoms with van der Waals surface area (Å²) in [7, 11) is 1.56. The number of carbonyl (C=O) groups is 1. The van der Waals surface area contributed by atoms with Gasteiger partial charge in [-0.25, -0.2) is 0 Å². The molecule has 0 amide bonds. The predicted molar refractivity (Wildman–Crippen MR) is 104 cm³/mol. The Bertz CT molecular complexity index is 633. The Labute approximate surface area is 159 Å². The summed E-state index contributed by atoms with van der Waals surface area (Å²) in [4.78, 5) is 12.5. The van der Waals surface area contributed by atoms with Gasteiger partial charge in [-0.2, -0.15) is 0 Å². The van der Waals surface area contributed by atoms with Crippen molar-refractivity contribution in [3.63, 3.8) is 0 Å². The Hall–Kier alpha value is -2.12. The zero-order valence-electron chi connectivity index (χ0n) is 15.2. The van der Waals surface area contributed by atoms with E-state index in [4.69, 9.17) is 26.4 Å². The molecular formula is C19H26N2O4S. The SMILES string of the molecule is C=C1NC(=S)N[C@@H](c2ccc(OCCCC)cc2)[C@@H]1C(=O)OCCOC. The number of hydrogen-bond acceptors (Lipinski definition) is 5. The van der Waals surface area contributed by atoms with Gasteiger partial charge in [0, 0.05) is 12.8 Å². The quantitative estimate of drug-likeness (QED) is 0.389. The molecule has 0 saturated carbocycles. The number of thiocarbonyl (C=S) groups is 1. The van der Waals surface area contributed by atoms with Crippen LogP contribution >= 0.6 is 12.2 Å². The van der Waals surface area contributed by atoms with Crippen molar-refractivity contribution < 1.29 is 19.0 Å². The van der Waals surface area contributed by atoms with E-state index in [1.807, 2.05) is 24.3 Å². The number of esters is 1. The molecule has 0 spiro atoms. The van der Waals surface area contributed by atoms with Gasteiger partial charge >= 0.3 is 5.97 Å². The molecule has 2 atom stereocenters. The third-order valence-corrected chi connectivity index (χ3v) is 4.28. The lowest BCUT2D eigenvalue weighted by atomic mass is 9.89. The predicted octanol–water partition coefficient (Wildman–Crippen LogP) is 2.70. The van der Waals surface area contributed by atoms with Crippen LogP contribution in [-0.2, 0) is 14.3 Å². The van der Waals surface area contributed by atoms with Crippen molar-refractivity contribution in [2.45, 2.75) is 25.8 Å². The van der Waals surface area contributed by atoms with Gasteiger partial charge in [-0.05, 0) is 36.3 Å². The Morgan fingerprint density at radius 3 is 2.62 bits per heavy atom. The zero-order chi connectivity index (χ0) is 18.9. The summed E-state index contributed by atoms with van der Waals surface area (Å²) < 4.78 is 15.9. The first kappa shape index (κ1) is 20.2. The Morgan fingerprint density at radius 2 is 1.96 bits per heavy atom. The summed E-state index contributed by atoms with van der Waals surface area (Å²) in [5.41, 5.74) is 1.43.